The maximum atomic E-state index is 12.5. The summed E-state index contributed by atoms with van der Waals surface area (Å²) in [5, 5.41) is 0. The van der Waals surface area contributed by atoms with Crippen LogP contribution >= 0.6 is 12.2 Å². The van der Waals surface area contributed by atoms with Gasteiger partial charge >= 0.3 is 0 Å². The van der Waals surface area contributed by atoms with Crippen LogP contribution in [0.1, 0.15) is 69.9 Å². The fourth-order valence-electron chi connectivity index (χ4n) is 3.80. The Labute approximate surface area is 173 Å². The number of ether oxygens (including phenoxy) is 1. The average molecular weight is 402 g/mol. The number of ketones is 1. The first-order valence-corrected chi connectivity index (χ1v) is 10.7. The topological polar surface area (TPSA) is 69.4 Å². The Morgan fingerprint density at radius 1 is 1.25 bits per heavy atom. The molecule has 1 aromatic rings. The summed E-state index contributed by atoms with van der Waals surface area (Å²) in [6.45, 7) is 4.65. The molecule has 0 fully saturated rings. The van der Waals surface area contributed by atoms with Gasteiger partial charge in [0.1, 0.15) is 5.75 Å². The van der Waals surface area contributed by atoms with Crippen molar-refractivity contribution in [2.45, 2.75) is 65.2 Å². The highest BCUT2D eigenvalue weighted by molar-refractivity contribution is 7.80. The van der Waals surface area contributed by atoms with Crippen molar-refractivity contribution in [3.05, 3.63) is 35.4 Å². The van der Waals surface area contributed by atoms with Crippen LogP contribution < -0.4 is 10.5 Å². The Hall–Kier alpha value is -2.01. The summed E-state index contributed by atoms with van der Waals surface area (Å²) in [7, 11) is 0. The molecular weight excluding hydrogens is 370 g/mol. The molecule has 0 heterocycles. The third kappa shape index (κ3) is 6.26. The van der Waals surface area contributed by atoms with Gasteiger partial charge in [-0.1, -0.05) is 31.3 Å². The number of carbonyl (C=O) groups is 2. The molecule has 2 rings (SSSR count). The molecule has 0 saturated carbocycles. The van der Waals surface area contributed by atoms with E-state index in [-0.39, 0.29) is 17.6 Å². The van der Waals surface area contributed by atoms with Crippen LogP contribution in [0.15, 0.2) is 24.3 Å². The summed E-state index contributed by atoms with van der Waals surface area (Å²) in [4.78, 5) is 24.8. The second-order valence-corrected chi connectivity index (χ2v) is 7.80. The number of nitrogens with two attached hydrogens (primary N) is 1. The van der Waals surface area contributed by atoms with E-state index in [9.17, 15) is 9.59 Å². The van der Waals surface area contributed by atoms with Crippen LogP contribution in [0.3, 0.4) is 0 Å². The molecular formula is C23H31NO3S. The largest absolute Gasteiger partial charge is 0.493 e. The SMILES string of the molecule is CCOc1cccc(CC)c1C1=CC(=O)CCCC(=S)C(CCC(N)=O)CC1. The van der Waals surface area contributed by atoms with Gasteiger partial charge in [-0.05, 0) is 79.5 Å². The Balaban J connectivity index is 2.39. The summed E-state index contributed by atoms with van der Waals surface area (Å²) in [6.07, 6.45) is 7.24. The molecule has 1 aromatic carbocycles. The molecule has 1 amide bonds. The van der Waals surface area contributed by atoms with Crippen molar-refractivity contribution in [2.24, 2.45) is 11.7 Å². The van der Waals surface area contributed by atoms with Crippen LogP contribution in [0.5, 0.6) is 5.75 Å². The minimum Gasteiger partial charge on any atom is -0.493 e. The van der Waals surface area contributed by atoms with Gasteiger partial charge in [0.2, 0.25) is 5.91 Å². The summed E-state index contributed by atoms with van der Waals surface area (Å²) < 4.78 is 5.88. The number of allylic oxidation sites excluding steroid dienone is 2. The third-order valence-corrected chi connectivity index (χ3v) is 5.79. The molecule has 1 aliphatic carbocycles. The summed E-state index contributed by atoms with van der Waals surface area (Å²) >= 11 is 5.63. The fraction of sp³-hybridized carbons (Fsp3) is 0.522. The second kappa shape index (κ2) is 11.1. The Morgan fingerprint density at radius 2 is 2.04 bits per heavy atom. The number of carbonyl (C=O) groups excluding carboxylic acids is 2. The van der Waals surface area contributed by atoms with Crippen LogP contribution in [-0.4, -0.2) is 23.2 Å². The molecule has 0 aromatic heterocycles. The second-order valence-electron chi connectivity index (χ2n) is 7.27. The first-order chi connectivity index (χ1) is 13.5. The van der Waals surface area contributed by atoms with Gasteiger partial charge in [0, 0.05) is 18.4 Å². The highest BCUT2D eigenvalue weighted by atomic mass is 32.1. The Bertz CT molecular complexity index is 754. The molecule has 0 saturated heterocycles. The zero-order valence-corrected chi connectivity index (χ0v) is 17.8. The third-order valence-electron chi connectivity index (χ3n) is 5.25. The number of rotatable bonds is 7. The zero-order valence-electron chi connectivity index (χ0n) is 17.0. The highest BCUT2D eigenvalue weighted by Crippen LogP contribution is 2.35. The Morgan fingerprint density at radius 3 is 2.71 bits per heavy atom. The highest BCUT2D eigenvalue weighted by Gasteiger charge is 2.21. The minimum atomic E-state index is -0.291. The van der Waals surface area contributed by atoms with Gasteiger partial charge in [-0.25, -0.2) is 0 Å². The van der Waals surface area contributed by atoms with Crippen LogP contribution in [0, 0.1) is 5.92 Å². The van der Waals surface area contributed by atoms with Gasteiger partial charge in [-0.15, -0.1) is 0 Å². The van der Waals surface area contributed by atoms with Crippen LogP contribution in [0.4, 0.5) is 0 Å². The average Bonchev–Trinajstić information content (AvgIpc) is 2.66. The van der Waals surface area contributed by atoms with Crippen LogP contribution in [0.25, 0.3) is 5.57 Å². The molecule has 0 spiro atoms. The van der Waals surface area contributed by atoms with Gasteiger partial charge < -0.3 is 10.5 Å². The predicted octanol–water partition coefficient (Wildman–Crippen LogP) is 4.82. The van der Waals surface area contributed by atoms with Crippen LogP contribution in [0.2, 0.25) is 0 Å². The van der Waals surface area contributed by atoms with E-state index in [0.29, 0.717) is 25.9 Å². The van der Waals surface area contributed by atoms with E-state index >= 15 is 0 Å². The fourth-order valence-corrected chi connectivity index (χ4v) is 4.18. The maximum Gasteiger partial charge on any atom is 0.217 e. The normalized spacial score (nSPS) is 18.5. The van der Waals surface area contributed by atoms with E-state index in [1.807, 2.05) is 19.1 Å². The molecule has 0 aliphatic heterocycles. The van der Waals surface area contributed by atoms with Crippen molar-refractivity contribution in [3.63, 3.8) is 0 Å². The van der Waals surface area contributed by atoms with E-state index in [1.165, 1.54) is 5.56 Å². The molecule has 152 valence electrons. The molecule has 1 atom stereocenters. The lowest BCUT2D eigenvalue weighted by molar-refractivity contribution is -0.118. The first kappa shape index (κ1) is 22.3. The standard InChI is InChI=1S/C23H31NO3S/c1-3-16-7-5-9-20(27-4-2)23(16)18-12-11-17(13-14-22(24)26)21(28)10-6-8-19(25)15-18/h5,7,9,15,17H,3-4,6,8,10-14H2,1-2H3,(H2,24,26). The number of hydrogen-bond acceptors (Lipinski definition) is 4. The van der Waals surface area contributed by atoms with Gasteiger partial charge in [0.15, 0.2) is 5.78 Å². The quantitative estimate of drug-likeness (QED) is 0.665. The lowest BCUT2D eigenvalue weighted by Crippen LogP contribution is -2.19. The summed E-state index contributed by atoms with van der Waals surface area (Å²) in [5.74, 6) is 0.847. The van der Waals surface area contributed by atoms with Crippen LogP contribution in [-0.2, 0) is 16.0 Å². The van der Waals surface area contributed by atoms with E-state index in [4.69, 9.17) is 22.7 Å². The van der Waals surface area contributed by atoms with Crippen molar-refractivity contribution in [1.82, 2.24) is 0 Å². The van der Waals surface area contributed by atoms with Crippen molar-refractivity contribution in [3.8, 4) is 5.75 Å². The van der Waals surface area contributed by atoms with E-state index in [0.717, 1.165) is 53.9 Å². The van der Waals surface area contributed by atoms with Crippen molar-refractivity contribution < 1.29 is 14.3 Å². The van der Waals surface area contributed by atoms with E-state index < -0.39 is 0 Å². The molecule has 1 unspecified atom stereocenters. The number of aryl methyl sites for hydroxylation is 1. The monoisotopic (exact) mass is 401 g/mol. The predicted molar refractivity (Wildman–Crippen MR) is 118 cm³/mol. The number of hydrogen-bond donors (Lipinski definition) is 1. The first-order valence-electron chi connectivity index (χ1n) is 10.3. The maximum absolute atomic E-state index is 12.5. The lowest BCUT2D eigenvalue weighted by atomic mass is 9.85. The van der Waals surface area contributed by atoms with Crippen molar-refractivity contribution >= 4 is 34.3 Å². The molecule has 5 heteroatoms. The summed E-state index contributed by atoms with van der Waals surface area (Å²) in [6, 6.07) is 6.06. The number of thiocarbonyl (C=S) groups is 1. The van der Waals surface area contributed by atoms with Gasteiger partial charge in [0.05, 0.1) is 6.61 Å². The lowest BCUT2D eigenvalue weighted by Gasteiger charge is -2.22. The summed E-state index contributed by atoms with van der Waals surface area (Å²) in [5.41, 5.74) is 8.59. The Kier molecular flexibility index (Phi) is 8.84. The molecule has 2 N–H and O–H groups in total. The van der Waals surface area contributed by atoms with E-state index in [2.05, 4.69) is 13.0 Å². The number of amides is 1. The number of benzene rings is 1. The number of primary amides is 1. The van der Waals surface area contributed by atoms with Gasteiger partial charge in [-0.3, -0.25) is 9.59 Å². The molecule has 4 nitrogen and oxygen atoms in total. The molecule has 0 radical (unpaired) electrons. The van der Waals surface area contributed by atoms with Gasteiger partial charge in [-0.2, -0.15) is 0 Å². The molecule has 1 aliphatic rings. The van der Waals surface area contributed by atoms with E-state index in [1.54, 1.807) is 6.08 Å². The zero-order chi connectivity index (χ0) is 20.5. The molecule has 28 heavy (non-hydrogen) atoms. The van der Waals surface area contributed by atoms with Gasteiger partial charge in [0.25, 0.3) is 0 Å². The smallest absolute Gasteiger partial charge is 0.217 e. The van der Waals surface area contributed by atoms with Crippen molar-refractivity contribution in [1.29, 1.82) is 0 Å². The van der Waals surface area contributed by atoms with Crippen molar-refractivity contribution in [2.75, 3.05) is 6.61 Å². The minimum absolute atomic E-state index is 0.141. The molecule has 0 bridgehead atoms.